The van der Waals surface area contributed by atoms with Gasteiger partial charge in [-0.05, 0) is 25.0 Å². The van der Waals surface area contributed by atoms with Gasteiger partial charge >= 0.3 is 5.97 Å². The van der Waals surface area contributed by atoms with E-state index in [1.807, 2.05) is 6.07 Å². The first kappa shape index (κ1) is 21.7. The number of methoxy groups -OCH3 is 1. The number of hydrogen-bond acceptors (Lipinski definition) is 7. The summed E-state index contributed by atoms with van der Waals surface area (Å²) in [6, 6.07) is 8.37. The fourth-order valence-corrected chi connectivity index (χ4v) is 5.17. The fraction of sp³-hybridized carbons (Fsp3) is 0.556. The van der Waals surface area contributed by atoms with E-state index in [-0.39, 0.29) is 17.1 Å². The van der Waals surface area contributed by atoms with Gasteiger partial charge in [-0.25, -0.2) is 0 Å². The molecule has 0 unspecified atom stereocenters. The Kier molecular flexibility index (Phi) is 8.12. The third-order valence-corrected chi connectivity index (χ3v) is 6.29. The van der Waals surface area contributed by atoms with Gasteiger partial charge in [0.2, 0.25) is 0 Å². The molecule has 1 heterocycles. The van der Waals surface area contributed by atoms with Gasteiger partial charge in [-0.15, -0.1) is 0 Å². The van der Waals surface area contributed by atoms with Crippen LogP contribution in [0.15, 0.2) is 30.3 Å². The Hall–Kier alpha value is -1.58. The monoisotopic (exact) mass is 415 g/mol. The van der Waals surface area contributed by atoms with Crippen molar-refractivity contribution in [2.45, 2.75) is 43.1 Å². The summed E-state index contributed by atoms with van der Waals surface area (Å²) in [5.41, 5.74) is 0.516. The summed E-state index contributed by atoms with van der Waals surface area (Å²) in [5.74, 6) is 0.0566. The minimum absolute atomic E-state index is 0.0709. The van der Waals surface area contributed by atoms with Crippen LogP contribution in [0.25, 0.3) is 0 Å². The Balaban J connectivity index is 1.97. The second-order valence-corrected chi connectivity index (χ2v) is 9.28. The highest BCUT2D eigenvalue weighted by atomic mass is 32.2. The van der Waals surface area contributed by atoms with Crippen molar-refractivity contribution in [1.82, 2.24) is 5.32 Å². The smallest absolute Gasteiger partial charge is 0.305 e. The maximum Gasteiger partial charge on any atom is 0.305 e. The van der Waals surface area contributed by atoms with Crippen LogP contribution >= 0.6 is 11.8 Å². The molecule has 1 fully saturated rings. The molecule has 150 valence electrons. The van der Waals surface area contributed by atoms with Crippen LogP contribution in [-0.4, -0.2) is 56.8 Å². The summed E-state index contributed by atoms with van der Waals surface area (Å²) < 4.78 is 33.3. The van der Waals surface area contributed by atoms with Gasteiger partial charge in [0.05, 0.1) is 19.4 Å². The van der Waals surface area contributed by atoms with E-state index in [0.717, 1.165) is 12.7 Å². The maximum absolute atomic E-state index is 12.4. The number of rotatable bonds is 9. The molecule has 0 radical (unpaired) electrons. The standard InChI is InChI=1S/C18H25NO6S2/c1-24-16(20)11-7-6-10-15-17(25-27(2,22)23)14(12-26-15)19-18(21)13-8-4-3-5-9-13/h3-5,8-9,14-15,17H,6-7,10-12H2,1-2H3,(H,19,21)/t14-,15-,17-/m0/s1. The van der Waals surface area contributed by atoms with E-state index in [1.165, 1.54) is 7.11 Å². The van der Waals surface area contributed by atoms with Crippen LogP contribution < -0.4 is 5.32 Å². The Labute approximate surface area is 164 Å². The first-order chi connectivity index (χ1) is 12.8. The zero-order chi connectivity index (χ0) is 19.9. The van der Waals surface area contributed by atoms with E-state index >= 15 is 0 Å². The number of carbonyl (C=O) groups excluding carboxylic acids is 2. The minimum atomic E-state index is -3.66. The molecule has 7 nitrogen and oxygen atoms in total. The Morgan fingerprint density at radius 1 is 1.22 bits per heavy atom. The number of amides is 1. The van der Waals surface area contributed by atoms with Crippen LogP contribution in [-0.2, 0) is 23.8 Å². The van der Waals surface area contributed by atoms with Crippen molar-refractivity contribution in [3.8, 4) is 0 Å². The van der Waals surface area contributed by atoms with Crippen molar-refractivity contribution in [3.05, 3.63) is 35.9 Å². The van der Waals surface area contributed by atoms with Gasteiger partial charge in [0.1, 0.15) is 6.10 Å². The lowest BCUT2D eigenvalue weighted by Gasteiger charge is -2.24. The van der Waals surface area contributed by atoms with Crippen molar-refractivity contribution >= 4 is 33.8 Å². The first-order valence-electron chi connectivity index (χ1n) is 8.73. The van der Waals surface area contributed by atoms with E-state index < -0.39 is 22.3 Å². The van der Waals surface area contributed by atoms with Crippen LogP contribution in [0, 0.1) is 0 Å². The van der Waals surface area contributed by atoms with Crippen LogP contribution in [0.4, 0.5) is 0 Å². The van der Waals surface area contributed by atoms with Gasteiger partial charge < -0.3 is 10.1 Å². The zero-order valence-electron chi connectivity index (χ0n) is 15.4. The largest absolute Gasteiger partial charge is 0.469 e. The number of hydrogen-bond donors (Lipinski definition) is 1. The van der Waals surface area contributed by atoms with Crippen LogP contribution in [0.3, 0.4) is 0 Å². The van der Waals surface area contributed by atoms with Gasteiger partial charge in [0.15, 0.2) is 0 Å². The number of thioether (sulfide) groups is 1. The van der Waals surface area contributed by atoms with Crippen LogP contribution in [0.1, 0.15) is 36.0 Å². The minimum Gasteiger partial charge on any atom is -0.469 e. The Morgan fingerprint density at radius 3 is 2.56 bits per heavy atom. The van der Waals surface area contributed by atoms with Crippen LogP contribution in [0.5, 0.6) is 0 Å². The molecule has 1 saturated heterocycles. The summed E-state index contributed by atoms with van der Waals surface area (Å²) in [6.07, 6.45) is 2.82. The third kappa shape index (κ3) is 7.15. The van der Waals surface area contributed by atoms with Crippen molar-refractivity contribution in [2.24, 2.45) is 0 Å². The quantitative estimate of drug-likeness (QED) is 0.374. The summed E-state index contributed by atoms with van der Waals surface area (Å²) in [7, 11) is -2.31. The van der Waals surface area contributed by atoms with Crippen molar-refractivity contribution in [3.63, 3.8) is 0 Å². The number of esters is 1. The van der Waals surface area contributed by atoms with E-state index in [2.05, 4.69) is 10.1 Å². The Bertz CT molecular complexity index is 737. The molecule has 3 atom stereocenters. The lowest BCUT2D eigenvalue weighted by Crippen LogP contribution is -2.46. The van der Waals surface area contributed by atoms with E-state index in [0.29, 0.717) is 30.6 Å². The molecule has 1 aliphatic rings. The highest BCUT2D eigenvalue weighted by Crippen LogP contribution is 2.34. The van der Waals surface area contributed by atoms with E-state index in [4.69, 9.17) is 4.18 Å². The van der Waals surface area contributed by atoms with Gasteiger partial charge in [-0.3, -0.25) is 13.8 Å². The summed E-state index contributed by atoms with van der Waals surface area (Å²) in [5, 5.41) is 2.82. The SMILES string of the molecule is COC(=O)CCCC[C@@H]1SC[C@H](NC(=O)c2ccccc2)[C@@H]1OS(C)(=O)=O. The number of benzene rings is 1. The normalized spacial score (nSPS) is 22.4. The van der Waals surface area contributed by atoms with Crippen molar-refractivity contribution < 1.29 is 26.9 Å². The van der Waals surface area contributed by atoms with Crippen molar-refractivity contribution in [2.75, 3.05) is 19.1 Å². The molecule has 0 aromatic heterocycles. The highest BCUT2D eigenvalue weighted by Gasteiger charge is 2.40. The predicted octanol–water partition coefficient (Wildman–Crippen LogP) is 1.98. The first-order valence-corrected chi connectivity index (χ1v) is 11.6. The number of carbonyl (C=O) groups is 2. The third-order valence-electron chi connectivity index (χ3n) is 4.24. The number of nitrogens with one attached hydrogen (secondary N) is 1. The molecule has 0 bridgehead atoms. The fourth-order valence-electron chi connectivity index (χ4n) is 2.94. The van der Waals surface area contributed by atoms with Crippen LogP contribution in [0.2, 0.25) is 0 Å². The molecule has 9 heteroatoms. The summed E-state index contributed by atoms with van der Waals surface area (Å²) in [4.78, 5) is 23.6. The predicted molar refractivity (Wildman–Crippen MR) is 104 cm³/mol. The lowest BCUT2D eigenvalue weighted by molar-refractivity contribution is -0.140. The average Bonchev–Trinajstić information content (AvgIpc) is 2.99. The summed E-state index contributed by atoms with van der Waals surface area (Å²) in [6.45, 7) is 0. The molecule has 1 amide bonds. The molecule has 0 aliphatic carbocycles. The number of ether oxygens (including phenoxy) is 1. The van der Waals surface area contributed by atoms with Gasteiger partial charge in [-0.2, -0.15) is 20.2 Å². The topological polar surface area (TPSA) is 98.8 Å². The van der Waals surface area contributed by atoms with Crippen molar-refractivity contribution in [1.29, 1.82) is 0 Å². The lowest BCUT2D eigenvalue weighted by atomic mass is 10.0. The van der Waals surface area contributed by atoms with Gasteiger partial charge in [0.25, 0.3) is 16.0 Å². The molecule has 2 rings (SSSR count). The molecule has 0 spiro atoms. The molecule has 1 aliphatic heterocycles. The molecule has 1 N–H and O–H groups in total. The van der Waals surface area contributed by atoms with E-state index in [1.54, 1.807) is 36.0 Å². The zero-order valence-corrected chi connectivity index (χ0v) is 17.1. The molecule has 1 aromatic rings. The molecule has 1 aromatic carbocycles. The van der Waals surface area contributed by atoms with Gasteiger partial charge in [0, 0.05) is 23.0 Å². The second-order valence-electron chi connectivity index (χ2n) is 6.40. The van der Waals surface area contributed by atoms with Gasteiger partial charge in [-0.1, -0.05) is 24.6 Å². The summed E-state index contributed by atoms with van der Waals surface area (Å²) >= 11 is 1.58. The molecular weight excluding hydrogens is 390 g/mol. The second kappa shape index (κ2) is 10.1. The molecule has 27 heavy (non-hydrogen) atoms. The Morgan fingerprint density at radius 2 is 1.93 bits per heavy atom. The molecular formula is C18H25NO6S2. The average molecular weight is 416 g/mol. The number of unbranched alkanes of at least 4 members (excludes halogenated alkanes) is 1. The molecule has 0 saturated carbocycles. The maximum atomic E-state index is 12.4. The van der Waals surface area contributed by atoms with E-state index in [9.17, 15) is 18.0 Å². The highest BCUT2D eigenvalue weighted by molar-refractivity contribution is 8.00.